The zero-order chi connectivity index (χ0) is 16.1. The van der Waals surface area contributed by atoms with Crippen LogP contribution in [-0.2, 0) is 6.42 Å². The van der Waals surface area contributed by atoms with Gasteiger partial charge in [0.05, 0.1) is 13.2 Å². The third-order valence-electron chi connectivity index (χ3n) is 6.81. The molecule has 0 radical (unpaired) electrons. The van der Waals surface area contributed by atoms with E-state index in [1.54, 1.807) is 7.11 Å². The molecule has 0 amide bonds. The number of methoxy groups -OCH3 is 1. The predicted molar refractivity (Wildman–Crippen MR) is 88.4 cm³/mol. The summed E-state index contributed by atoms with van der Waals surface area (Å²) in [7, 11) is 1.71. The second kappa shape index (κ2) is 5.77. The lowest BCUT2D eigenvalue weighted by molar-refractivity contribution is -0.0791. The number of hydrogen-bond acceptors (Lipinski definition) is 2. The molecule has 0 aliphatic heterocycles. The van der Waals surface area contributed by atoms with Crippen LogP contribution in [0, 0.1) is 23.7 Å². The van der Waals surface area contributed by atoms with Crippen molar-refractivity contribution in [2.45, 2.75) is 57.2 Å². The van der Waals surface area contributed by atoms with Gasteiger partial charge in [0.15, 0.2) is 0 Å². The van der Waals surface area contributed by atoms with Crippen molar-refractivity contribution in [1.82, 2.24) is 0 Å². The highest BCUT2D eigenvalue weighted by molar-refractivity contribution is 5.40. The summed E-state index contributed by atoms with van der Waals surface area (Å²) in [6.07, 6.45) is 3.02. The van der Waals surface area contributed by atoms with Crippen molar-refractivity contribution in [2.75, 3.05) is 7.11 Å². The molecule has 3 aliphatic carbocycles. The number of aliphatic hydroxyl groups is 1. The summed E-state index contributed by atoms with van der Waals surface area (Å²) in [4.78, 5) is 0. The maximum Gasteiger partial charge on any atom is 0.119 e. The molecule has 1 aromatic carbocycles. The first kappa shape index (κ1) is 15.4. The molecular weight excluding hydrogens is 291 g/mol. The highest BCUT2D eigenvalue weighted by Crippen LogP contribution is 2.56. The summed E-state index contributed by atoms with van der Waals surface area (Å²) in [5, 5.41) is 10.4. The highest BCUT2D eigenvalue weighted by atomic mass is 19.1. The lowest BCUT2D eigenvalue weighted by Crippen LogP contribution is -2.49. The van der Waals surface area contributed by atoms with E-state index >= 15 is 0 Å². The number of rotatable bonds is 1. The molecule has 2 fully saturated rings. The maximum absolute atomic E-state index is 14.1. The van der Waals surface area contributed by atoms with Crippen LogP contribution in [0.2, 0.25) is 0 Å². The van der Waals surface area contributed by atoms with Crippen molar-refractivity contribution in [1.29, 1.82) is 0 Å². The molecule has 0 saturated heterocycles. The highest BCUT2D eigenvalue weighted by Gasteiger charge is 2.50. The number of fused-ring (bicyclic) bond motifs is 5. The molecular formula is C20H27FO2. The Balaban J connectivity index is 1.68. The van der Waals surface area contributed by atoms with Gasteiger partial charge < -0.3 is 9.84 Å². The summed E-state index contributed by atoms with van der Waals surface area (Å²) in [5.74, 6) is 3.10. The van der Waals surface area contributed by atoms with E-state index in [1.165, 1.54) is 11.1 Å². The van der Waals surface area contributed by atoms with Crippen LogP contribution in [0.15, 0.2) is 18.2 Å². The third kappa shape index (κ3) is 2.48. The summed E-state index contributed by atoms with van der Waals surface area (Å²) in [6, 6.07) is 6.46. The van der Waals surface area contributed by atoms with E-state index < -0.39 is 12.3 Å². The topological polar surface area (TPSA) is 29.5 Å². The zero-order valence-electron chi connectivity index (χ0n) is 14.0. The minimum Gasteiger partial charge on any atom is -0.497 e. The first-order valence-corrected chi connectivity index (χ1v) is 9.07. The van der Waals surface area contributed by atoms with Crippen molar-refractivity contribution in [3.8, 4) is 5.75 Å². The number of halogens is 1. The van der Waals surface area contributed by atoms with Gasteiger partial charge in [0.1, 0.15) is 11.9 Å². The quantitative estimate of drug-likeness (QED) is 0.844. The van der Waals surface area contributed by atoms with Crippen LogP contribution in [0.25, 0.3) is 0 Å². The Hall–Kier alpha value is -1.09. The fourth-order valence-corrected chi connectivity index (χ4v) is 5.93. The minimum atomic E-state index is -0.825. The number of alkyl halides is 1. The van der Waals surface area contributed by atoms with Crippen molar-refractivity contribution < 1.29 is 14.2 Å². The van der Waals surface area contributed by atoms with Gasteiger partial charge in [-0.15, -0.1) is 0 Å². The largest absolute Gasteiger partial charge is 0.497 e. The maximum atomic E-state index is 14.1. The Kier molecular flexibility index (Phi) is 3.87. The van der Waals surface area contributed by atoms with Crippen LogP contribution in [0.3, 0.4) is 0 Å². The molecule has 0 heterocycles. The van der Waals surface area contributed by atoms with E-state index in [0.29, 0.717) is 42.4 Å². The van der Waals surface area contributed by atoms with Gasteiger partial charge in [0.25, 0.3) is 0 Å². The van der Waals surface area contributed by atoms with Crippen LogP contribution in [0.4, 0.5) is 4.39 Å². The SMILES string of the molecule is COc1ccc2c(c1)CC[C@@H]1[C@@H]2C[C@@H](C)C2[C@H]1C[C@@H](F)C[C@@H]2O. The summed E-state index contributed by atoms with van der Waals surface area (Å²) in [5.41, 5.74) is 2.85. The summed E-state index contributed by atoms with van der Waals surface area (Å²) >= 11 is 0. The summed E-state index contributed by atoms with van der Waals surface area (Å²) < 4.78 is 19.5. The summed E-state index contributed by atoms with van der Waals surface area (Å²) in [6.45, 7) is 2.26. The van der Waals surface area contributed by atoms with E-state index in [0.717, 1.165) is 25.0 Å². The van der Waals surface area contributed by atoms with Gasteiger partial charge in [-0.1, -0.05) is 13.0 Å². The van der Waals surface area contributed by atoms with Crippen LogP contribution in [0.5, 0.6) is 5.75 Å². The second-order valence-corrected chi connectivity index (χ2v) is 7.96. The Morgan fingerprint density at radius 3 is 2.78 bits per heavy atom. The van der Waals surface area contributed by atoms with Crippen LogP contribution < -0.4 is 4.74 Å². The van der Waals surface area contributed by atoms with Gasteiger partial charge in [-0.2, -0.15) is 0 Å². The van der Waals surface area contributed by atoms with Crippen molar-refractivity contribution in [2.24, 2.45) is 23.7 Å². The van der Waals surface area contributed by atoms with E-state index in [9.17, 15) is 9.50 Å². The van der Waals surface area contributed by atoms with Crippen LogP contribution >= 0.6 is 0 Å². The predicted octanol–water partition coefficient (Wildman–Crippen LogP) is 4.11. The molecule has 3 heteroatoms. The fraction of sp³-hybridized carbons (Fsp3) is 0.700. The van der Waals surface area contributed by atoms with Crippen LogP contribution in [0.1, 0.15) is 49.7 Å². The molecule has 126 valence electrons. The van der Waals surface area contributed by atoms with Gasteiger partial charge in [0.2, 0.25) is 0 Å². The lowest BCUT2D eigenvalue weighted by atomic mass is 9.53. The molecule has 3 aliphatic rings. The van der Waals surface area contributed by atoms with E-state index in [2.05, 4.69) is 25.1 Å². The molecule has 7 atom stereocenters. The van der Waals surface area contributed by atoms with Gasteiger partial charge in [0, 0.05) is 6.42 Å². The normalized spacial score (nSPS) is 42.3. The smallest absolute Gasteiger partial charge is 0.119 e. The van der Waals surface area contributed by atoms with Gasteiger partial charge in [-0.05, 0) is 78.5 Å². The first-order chi connectivity index (χ1) is 11.1. The Labute approximate surface area is 138 Å². The molecule has 1 unspecified atom stereocenters. The van der Waals surface area contributed by atoms with Crippen molar-refractivity contribution in [3.05, 3.63) is 29.3 Å². The fourth-order valence-electron chi connectivity index (χ4n) is 5.93. The molecule has 0 bridgehead atoms. The number of ether oxygens (including phenoxy) is 1. The third-order valence-corrected chi connectivity index (χ3v) is 6.81. The monoisotopic (exact) mass is 318 g/mol. The molecule has 0 aromatic heterocycles. The van der Waals surface area contributed by atoms with Gasteiger partial charge in [-0.25, -0.2) is 4.39 Å². The molecule has 2 saturated carbocycles. The Bertz CT molecular complexity index is 587. The molecule has 1 N–H and O–H groups in total. The number of aryl methyl sites for hydroxylation is 1. The zero-order valence-corrected chi connectivity index (χ0v) is 14.0. The second-order valence-electron chi connectivity index (χ2n) is 7.96. The number of benzene rings is 1. The van der Waals surface area contributed by atoms with E-state index in [4.69, 9.17) is 4.74 Å². The molecule has 0 spiro atoms. The average Bonchev–Trinajstić information content (AvgIpc) is 2.53. The Morgan fingerprint density at radius 1 is 1.17 bits per heavy atom. The minimum absolute atomic E-state index is 0.294. The standard InChI is InChI=1S/C20H27FO2/c1-11-7-17-15-6-4-14(23-2)8-12(15)3-5-16(17)18-9-13(21)10-19(22)20(11)18/h4,6,8,11,13,16-20,22H,3,5,7,9-10H2,1-2H3/t11-,13-,16-,17-,18+,19+,20?/m1/s1. The molecule has 4 rings (SSSR count). The Morgan fingerprint density at radius 2 is 2.00 bits per heavy atom. The first-order valence-electron chi connectivity index (χ1n) is 9.07. The molecule has 2 nitrogen and oxygen atoms in total. The average molecular weight is 318 g/mol. The number of aliphatic hydroxyl groups excluding tert-OH is 1. The van der Waals surface area contributed by atoms with Crippen LogP contribution in [-0.4, -0.2) is 24.5 Å². The van der Waals surface area contributed by atoms with Gasteiger partial charge >= 0.3 is 0 Å². The van der Waals surface area contributed by atoms with E-state index in [-0.39, 0.29) is 0 Å². The van der Waals surface area contributed by atoms with E-state index in [1.807, 2.05) is 0 Å². The number of hydrogen-bond donors (Lipinski definition) is 1. The van der Waals surface area contributed by atoms with Crippen molar-refractivity contribution in [3.63, 3.8) is 0 Å². The van der Waals surface area contributed by atoms with Gasteiger partial charge in [-0.3, -0.25) is 0 Å². The molecule has 1 aromatic rings. The lowest BCUT2D eigenvalue weighted by Gasteiger charge is -2.53. The molecule has 23 heavy (non-hydrogen) atoms. The van der Waals surface area contributed by atoms with Crippen molar-refractivity contribution >= 4 is 0 Å².